The third-order valence-corrected chi connectivity index (χ3v) is 5.44. The fraction of sp³-hybridized carbons (Fsp3) is 0.308. The molecule has 1 unspecified atom stereocenters. The van der Waals surface area contributed by atoms with Gasteiger partial charge >= 0.3 is 18.7 Å². The van der Waals surface area contributed by atoms with Crippen molar-refractivity contribution in [1.82, 2.24) is 0 Å². The third-order valence-electron chi connectivity index (χ3n) is 5.44. The average molecular weight is 546 g/mol. The van der Waals surface area contributed by atoms with Crippen LogP contribution in [0.3, 0.4) is 0 Å². The monoisotopic (exact) mass is 546 g/mol. The normalized spacial score (nSPS) is 12.8. The average Bonchev–Trinajstić information content (AvgIpc) is 2.87. The van der Waals surface area contributed by atoms with E-state index in [1.54, 1.807) is 42.5 Å². The number of anilines is 2. The van der Waals surface area contributed by atoms with Gasteiger partial charge in [0.1, 0.15) is 11.5 Å². The Bertz CT molecular complexity index is 1170. The van der Waals surface area contributed by atoms with Gasteiger partial charge in [-0.2, -0.15) is 30.7 Å². The van der Waals surface area contributed by atoms with E-state index >= 15 is 0 Å². The molecular formula is C26H25F7N2O3. The van der Waals surface area contributed by atoms with Gasteiger partial charge < -0.3 is 24.8 Å². The minimum atomic E-state index is -4.92. The standard InChI is InChI=1S/C26H25F7N2O3/c1-37-19-11-9-17(10-12-19)14-34-21-7-2-3-8-22(21)35(16-23(36)25(29,30)31)15-18-5-4-6-20(13-18)38-26(32,33)24(27)28/h2-13,23-24,34,36H,14-16H2,1H3. The summed E-state index contributed by atoms with van der Waals surface area (Å²) in [5.74, 6) is 0.0639. The molecule has 2 N–H and O–H groups in total. The number of ether oxygens (including phenoxy) is 2. The number of aliphatic hydroxyl groups is 1. The second-order valence-corrected chi connectivity index (χ2v) is 8.27. The molecule has 38 heavy (non-hydrogen) atoms. The number of nitrogens with one attached hydrogen (secondary N) is 1. The highest BCUT2D eigenvalue weighted by Crippen LogP contribution is 2.32. The number of hydrogen-bond acceptors (Lipinski definition) is 5. The van der Waals surface area contributed by atoms with Gasteiger partial charge in [-0.1, -0.05) is 36.4 Å². The molecule has 0 saturated heterocycles. The molecule has 0 fully saturated rings. The summed E-state index contributed by atoms with van der Waals surface area (Å²) in [6.07, 6.45) is -16.5. The van der Waals surface area contributed by atoms with Gasteiger partial charge in [-0.15, -0.1) is 0 Å². The van der Waals surface area contributed by atoms with E-state index in [1.165, 1.54) is 30.2 Å². The summed E-state index contributed by atoms with van der Waals surface area (Å²) in [5, 5.41) is 13.0. The van der Waals surface area contributed by atoms with Crippen LogP contribution >= 0.6 is 0 Å². The zero-order valence-electron chi connectivity index (χ0n) is 20.1. The summed E-state index contributed by atoms with van der Waals surface area (Å²) in [5.41, 5.74) is 1.77. The number of benzene rings is 3. The largest absolute Gasteiger partial charge is 0.497 e. The first kappa shape index (κ1) is 28.9. The predicted molar refractivity (Wildman–Crippen MR) is 128 cm³/mol. The van der Waals surface area contributed by atoms with E-state index in [4.69, 9.17) is 4.74 Å². The van der Waals surface area contributed by atoms with Gasteiger partial charge in [-0.3, -0.25) is 0 Å². The molecule has 1 atom stereocenters. The van der Waals surface area contributed by atoms with Crippen LogP contribution in [0.25, 0.3) is 0 Å². The van der Waals surface area contributed by atoms with Crippen molar-refractivity contribution in [1.29, 1.82) is 0 Å². The molecule has 0 aliphatic rings. The van der Waals surface area contributed by atoms with Gasteiger partial charge in [-0.05, 0) is 47.5 Å². The van der Waals surface area contributed by atoms with E-state index in [1.807, 2.05) is 0 Å². The number of nitrogens with zero attached hydrogens (tertiary/aromatic N) is 1. The second kappa shape index (κ2) is 12.2. The highest BCUT2D eigenvalue weighted by atomic mass is 19.4. The van der Waals surface area contributed by atoms with Gasteiger partial charge in [0.05, 0.1) is 25.0 Å². The quantitative estimate of drug-likeness (QED) is 0.255. The van der Waals surface area contributed by atoms with Crippen LogP contribution in [0.15, 0.2) is 72.8 Å². The van der Waals surface area contributed by atoms with Gasteiger partial charge in [0, 0.05) is 13.1 Å². The molecule has 0 spiro atoms. The maximum Gasteiger partial charge on any atom is 0.461 e. The van der Waals surface area contributed by atoms with Gasteiger partial charge in [0.2, 0.25) is 0 Å². The first-order valence-corrected chi connectivity index (χ1v) is 11.3. The molecule has 0 bridgehead atoms. The van der Waals surface area contributed by atoms with Crippen molar-refractivity contribution in [3.8, 4) is 11.5 Å². The molecule has 0 radical (unpaired) electrons. The molecule has 206 valence electrons. The van der Waals surface area contributed by atoms with Crippen LogP contribution in [0.5, 0.6) is 11.5 Å². The van der Waals surface area contributed by atoms with Crippen LogP contribution in [0.2, 0.25) is 0 Å². The molecule has 5 nitrogen and oxygen atoms in total. The molecule has 0 aliphatic heterocycles. The van der Waals surface area contributed by atoms with Gasteiger partial charge in [0.25, 0.3) is 0 Å². The fourth-order valence-corrected chi connectivity index (χ4v) is 3.53. The Balaban J connectivity index is 1.88. The molecule has 0 aliphatic carbocycles. The summed E-state index contributed by atoms with van der Waals surface area (Å²) in [7, 11) is 1.53. The predicted octanol–water partition coefficient (Wildman–Crippen LogP) is 6.47. The number of hydrogen-bond donors (Lipinski definition) is 2. The lowest BCUT2D eigenvalue weighted by atomic mass is 10.1. The molecule has 3 aromatic rings. The lowest BCUT2D eigenvalue weighted by molar-refractivity contribution is -0.253. The second-order valence-electron chi connectivity index (χ2n) is 8.27. The Morgan fingerprint density at radius 1 is 0.868 bits per heavy atom. The molecular weight excluding hydrogens is 521 g/mol. The molecule has 0 amide bonds. The summed E-state index contributed by atoms with van der Waals surface area (Å²) in [6.45, 7) is -0.864. The Kier molecular flexibility index (Phi) is 9.31. The molecule has 0 aromatic heterocycles. The number of halogens is 7. The first-order chi connectivity index (χ1) is 17.9. The molecule has 12 heteroatoms. The SMILES string of the molecule is COc1ccc(CNc2ccccc2N(Cc2cccc(OC(F)(F)C(F)F)c2)CC(O)C(F)(F)F)cc1. The van der Waals surface area contributed by atoms with E-state index in [2.05, 4.69) is 10.1 Å². The Morgan fingerprint density at radius 2 is 1.55 bits per heavy atom. The number of methoxy groups -OCH3 is 1. The van der Waals surface area contributed by atoms with E-state index < -0.39 is 37.1 Å². The lowest BCUT2D eigenvalue weighted by Crippen LogP contribution is -2.41. The topological polar surface area (TPSA) is 54.0 Å². The summed E-state index contributed by atoms with van der Waals surface area (Å²) >= 11 is 0. The number of rotatable bonds is 12. The number of aliphatic hydroxyl groups excluding tert-OH is 1. The summed E-state index contributed by atoms with van der Waals surface area (Å²) in [4.78, 5) is 1.21. The minimum Gasteiger partial charge on any atom is -0.497 e. The van der Waals surface area contributed by atoms with Crippen molar-refractivity contribution < 1.29 is 45.3 Å². The zero-order chi connectivity index (χ0) is 27.9. The van der Waals surface area contributed by atoms with Crippen LogP contribution in [0, 0.1) is 0 Å². The van der Waals surface area contributed by atoms with E-state index in [0.29, 0.717) is 18.0 Å². The highest BCUT2D eigenvalue weighted by Gasteiger charge is 2.44. The number of alkyl halides is 7. The number of para-hydroxylation sites is 2. The zero-order valence-corrected chi connectivity index (χ0v) is 20.1. The van der Waals surface area contributed by atoms with Crippen molar-refractivity contribution in [3.05, 3.63) is 83.9 Å². The van der Waals surface area contributed by atoms with Crippen molar-refractivity contribution in [2.24, 2.45) is 0 Å². The minimum absolute atomic E-state index is 0.187. The fourth-order valence-electron chi connectivity index (χ4n) is 3.53. The first-order valence-electron chi connectivity index (χ1n) is 11.3. The van der Waals surface area contributed by atoms with Crippen LogP contribution in [-0.4, -0.2) is 43.6 Å². The Morgan fingerprint density at radius 3 is 2.18 bits per heavy atom. The maximum atomic E-state index is 13.4. The summed E-state index contributed by atoms with van der Waals surface area (Å²) < 4.78 is 101. The van der Waals surface area contributed by atoms with Crippen molar-refractivity contribution in [2.75, 3.05) is 23.9 Å². The maximum absolute atomic E-state index is 13.4. The molecule has 3 rings (SSSR count). The molecule has 0 heterocycles. The van der Waals surface area contributed by atoms with E-state index in [-0.39, 0.29) is 17.8 Å². The van der Waals surface area contributed by atoms with Crippen LogP contribution in [0.1, 0.15) is 11.1 Å². The van der Waals surface area contributed by atoms with Crippen molar-refractivity contribution in [3.63, 3.8) is 0 Å². The van der Waals surface area contributed by atoms with Gasteiger partial charge in [0.15, 0.2) is 6.10 Å². The highest BCUT2D eigenvalue weighted by molar-refractivity contribution is 5.70. The molecule has 3 aromatic carbocycles. The van der Waals surface area contributed by atoms with Crippen LogP contribution in [0.4, 0.5) is 42.1 Å². The van der Waals surface area contributed by atoms with Crippen LogP contribution in [-0.2, 0) is 13.1 Å². The smallest absolute Gasteiger partial charge is 0.461 e. The molecule has 0 saturated carbocycles. The lowest BCUT2D eigenvalue weighted by Gasteiger charge is -2.30. The van der Waals surface area contributed by atoms with E-state index in [9.17, 15) is 35.8 Å². The van der Waals surface area contributed by atoms with E-state index in [0.717, 1.165) is 17.7 Å². The van der Waals surface area contributed by atoms with Gasteiger partial charge in [-0.25, -0.2) is 0 Å². The van der Waals surface area contributed by atoms with Crippen LogP contribution < -0.4 is 19.7 Å². The van der Waals surface area contributed by atoms with Crippen molar-refractivity contribution >= 4 is 11.4 Å². The van der Waals surface area contributed by atoms with Crippen molar-refractivity contribution in [2.45, 2.75) is 37.9 Å². The summed E-state index contributed by atoms with van der Waals surface area (Å²) in [6, 6.07) is 18.2. The Hall–Kier alpha value is -3.67. The third kappa shape index (κ3) is 7.91. The Labute approximate surface area is 214 Å².